The van der Waals surface area contributed by atoms with Crippen LogP contribution in [-0.2, 0) is 20.9 Å². The summed E-state index contributed by atoms with van der Waals surface area (Å²) in [5.41, 5.74) is -2.32. The van der Waals surface area contributed by atoms with Crippen LogP contribution >= 0.6 is 11.6 Å². The quantitative estimate of drug-likeness (QED) is 0.365. The van der Waals surface area contributed by atoms with Gasteiger partial charge in [-0.1, -0.05) is 17.7 Å². The third-order valence-electron chi connectivity index (χ3n) is 4.73. The number of sulfonamides is 1. The minimum absolute atomic E-state index is 0.0293. The zero-order valence-corrected chi connectivity index (χ0v) is 21.5. The Morgan fingerprint density at radius 1 is 1.11 bits per heavy atom. The van der Waals surface area contributed by atoms with Crippen LogP contribution in [0.1, 0.15) is 32.8 Å². The van der Waals surface area contributed by atoms with E-state index in [4.69, 9.17) is 25.5 Å². The topological polar surface area (TPSA) is 112 Å². The van der Waals surface area contributed by atoms with Crippen molar-refractivity contribution in [1.29, 1.82) is 0 Å². The number of amides is 1. The van der Waals surface area contributed by atoms with Crippen LogP contribution in [0.2, 0.25) is 5.02 Å². The molecule has 200 valence electrons. The second kappa shape index (κ2) is 10.6. The van der Waals surface area contributed by atoms with Crippen molar-refractivity contribution >= 4 is 38.7 Å². The van der Waals surface area contributed by atoms with Crippen molar-refractivity contribution in [2.45, 2.75) is 39.0 Å². The standard InChI is InChI=1S/C24H23ClF3NO7S/c1-23(2,3)36-22(31)29-37(32,33)11-5-10-34-19-12-14(24(26,27)28)8-9-16(19)20-13-18(30)15-6-4-7-17(25)21(15)35-20/h4,6-9,12-13H,5,10-11H2,1-3H3,(H,29,31). The number of halogens is 4. The number of fused-ring (bicyclic) bond motifs is 1. The summed E-state index contributed by atoms with van der Waals surface area (Å²) in [5, 5.41) is 0.321. The predicted molar refractivity (Wildman–Crippen MR) is 131 cm³/mol. The molecule has 0 saturated heterocycles. The summed E-state index contributed by atoms with van der Waals surface area (Å²) in [5.74, 6) is -0.947. The third kappa shape index (κ3) is 7.62. The van der Waals surface area contributed by atoms with Crippen molar-refractivity contribution in [2.24, 2.45) is 0 Å². The van der Waals surface area contributed by atoms with E-state index in [0.29, 0.717) is 0 Å². The van der Waals surface area contributed by atoms with Crippen LogP contribution in [0.25, 0.3) is 22.3 Å². The number of ether oxygens (including phenoxy) is 2. The zero-order chi connectivity index (χ0) is 27.6. The van der Waals surface area contributed by atoms with Crippen LogP contribution in [0.3, 0.4) is 0 Å². The number of benzene rings is 2. The first-order chi connectivity index (χ1) is 17.1. The smallest absolute Gasteiger partial charge is 0.421 e. The van der Waals surface area contributed by atoms with Gasteiger partial charge in [0.2, 0.25) is 10.0 Å². The summed E-state index contributed by atoms with van der Waals surface area (Å²) >= 11 is 6.12. The number of alkyl halides is 3. The predicted octanol–water partition coefficient (Wildman–Crippen LogP) is 5.76. The highest BCUT2D eigenvalue weighted by Crippen LogP contribution is 2.38. The molecule has 1 amide bonds. The van der Waals surface area contributed by atoms with Crippen LogP contribution in [0.4, 0.5) is 18.0 Å². The number of hydrogen-bond donors (Lipinski definition) is 1. The SMILES string of the molecule is CC(C)(C)OC(=O)NS(=O)(=O)CCCOc1cc(C(F)(F)F)ccc1-c1cc(=O)c2cccc(Cl)c2o1. The van der Waals surface area contributed by atoms with Crippen LogP contribution in [-0.4, -0.2) is 32.5 Å². The van der Waals surface area contributed by atoms with Gasteiger partial charge in [0.25, 0.3) is 0 Å². The summed E-state index contributed by atoms with van der Waals surface area (Å²) in [7, 11) is -4.10. The molecule has 13 heteroatoms. The number of rotatable bonds is 7. The minimum atomic E-state index is -4.69. The molecule has 1 heterocycles. The molecule has 1 N–H and O–H groups in total. The lowest BCUT2D eigenvalue weighted by Gasteiger charge is -2.19. The van der Waals surface area contributed by atoms with Gasteiger partial charge in [0.1, 0.15) is 17.1 Å². The van der Waals surface area contributed by atoms with E-state index in [9.17, 15) is 31.2 Å². The Balaban J connectivity index is 1.84. The molecule has 0 aliphatic heterocycles. The van der Waals surface area contributed by atoms with Gasteiger partial charge in [-0.3, -0.25) is 4.79 Å². The lowest BCUT2D eigenvalue weighted by atomic mass is 10.1. The Morgan fingerprint density at radius 3 is 2.46 bits per heavy atom. The lowest BCUT2D eigenvalue weighted by molar-refractivity contribution is -0.137. The number of carbonyl (C=O) groups excluding carboxylic acids is 1. The molecule has 0 spiro atoms. The molecule has 8 nitrogen and oxygen atoms in total. The third-order valence-corrected chi connectivity index (χ3v) is 6.34. The largest absolute Gasteiger partial charge is 0.493 e. The summed E-state index contributed by atoms with van der Waals surface area (Å²) in [6, 6.07) is 8.25. The van der Waals surface area contributed by atoms with Crippen molar-refractivity contribution in [1.82, 2.24) is 4.72 Å². The molecule has 0 bridgehead atoms. The normalized spacial score (nSPS) is 12.4. The highest BCUT2D eigenvalue weighted by Gasteiger charge is 2.32. The minimum Gasteiger partial charge on any atom is -0.493 e. The van der Waals surface area contributed by atoms with E-state index < -0.39 is 44.6 Å². The summed E-state index contributed by atoms with van der Waals surface area (Å²) in [6.45, 7) is 4.35. The Kier molecular flexibility index (Phi) is 8.13. The monoisotopic (exact) mass is 561 g/mol. The van der Waals surface area contributed by atoms with E-state index in [1.54, 1.807) is 31.6 Å². The molecule has 0 saturated carbocycles. The fourth-order valence-electron chi connectivity index (χ4n) is 3.21. The van der Waals surface area contributed by atoms with Crippen LogP contribution < -0.4 is 14.9 Å². The highest BCUT2D eigenvalue weighted by molar-refractivity contribution is 7.90. The van der Waals surface area contributed by atoms with E-state index in [2.05, 4.69) is 0 Å². The van der Waals surface area contributed by atoms with E-state index in [1.807, 2.05) is 0 Å². The van der Waals surface area contributed by atoms with Gasteiger partial charge in [0.05, 0.1) is 33.9 Å². The molecular formula is C24H23ClF3NO7S. The van der Waals surface area contributed by atoms with Crippen molar-refractivity contribution in [3.63, 3.8) is 0 Å². The van der Waals surface area contributed by atoms with Gasteiger partial charge in [-0.2, -0.15) is 13.2 Å². The van der Waals surface area contributed by atoms with Gasteiger partial charge in [-0.05, 0) is 57.5 Å². The van der Waals surface area contributed by atoms with Gasteiger partial charge >= 0.3 is 12.3 Å². The highest BCUT2D eigenvalue weighted by atomic mass is 35.5. The number of hydrogen-bond acceptors (Lipinski definition) is 7. The Morgan fingerprint density at radius 2 is 1.81 bits per heavy atom. The van der Waals surface area contributed by atoms with Gasteiger partial charge in [0.15, 0.2) is 11.0 Å². The van der Waals surface area contributed by atoms with Crippen molar-refractivity contribution in [3.05, 3.63) is 63.3 Å². The van der Waals surface area contributed by atoms with Crippen molar-refractivity contribution in [3.8, 4) is 17.1 Å². The van der Waals surface area contributed by atoms with E-state index >= 15 is 0 Å². The van der Waals surface area contributed by atoms with Gasteiger partial charge in [-0.25, -0.2) is 17.9 Å². The van der Waals surface area contributed by atoms with Crippen LogP contribution in [0.5, 0.6) is 5.75 Å². The maximum absolute atomic E-state index is 13.3. The Labute approximate surface area is 215 Å². The average Bonchev–Trinajstić information content (AvgIpc) is 2.75. The van der Waals surface area contributed by atoms with Crippen LogP contribution in [0.15, 0.2) is 51.7 Å². The molecule has 3 aromatic rings. The lowest BCUT2D eigenvalue weighted by Crippen LogP contribution is -2.37. The second-order valence-electron chi connectivity index (χ2n) is 8.92. The van der Waals surface area contributed by atoms with E-state index in [1.165, 1.54) is 12.1 Å². The molecule has 0 fully saturated rings. The molecule has 0 aliphatic carbocycles. The number of nitrogens with one attached hydrogen (secondary N) is 1. The summed E-state index contributed by atoms with van der Waals surface area (Å²) < 4.78 is 82.1. The molecular weight excluding hydrogens is 539 g/mol. The Bertz CT molecular complexity index is 1480. The first-order valence-corrected chi connectivity index (χ1v) is 12.9. The van der Waals surface area contributed by atoms with Crippen molar-refractivity contribution in [2.75, 3.05) is 12.4 Å². The second-order valence-corrected chi connectivity index (χ2v) is 11.2. The van der Waals surface area contributed by atoms with Gasteiger partial charge in [-0.15, -0.1) is 0 Å². The first-order valence-electron chi connectivity index (χ1n) is 10.9. The molecule has 0 aliphatic rings. The molecule has 1 aromatic heterocycles. The molecule has 0 radical (unpaired) electrons. The fourth-order valence-corrected chi connectivity index (χ4v) is 4.31. The average molecular weight is 562 g/mol. The van der Waals surface area contributed by atoms with Crippen molar-refractivity contribution < 1.29 is 40.3 Å². The number of carbonyl (C=O) groups is 1. The van der Waals surface area contributed by atoms with Gasteiger partial charge < -0.3 is 13.9 Å². The van der Waals surface area contributed by atoms with E-state index in [0.717, 1.165) is 24.3 Å². The first kappa shape index (κ1) is 28.3. The maximum Gasteiger partial charge on any atom is 0.421 e. The molecule has 2 aromatic carbocycles. The fraction of sp³-hybridized carbons (Fsp3) is 0.333. The molecule has 0 unspecified atom stereocenters. The summed E-state index contributed by atoms with van der Waals surface area (Å²) in [4.78, 5) is 24.3. The maximum atomic E-state index is 13.3. The molecule has 0 atom stereocenters. The van der Waals surface area contributed by atoms with Crippen LogP contribution in [0, 0.1) is 0 Å². The van der Waals surface area contributed by atoms with E-state index in [-0.39, 0.29) is 46.1 Å². The Hall–Kier alpha value is -3.25. The number of para-hydroxylation sites is 1. The molecule has 37 heavy (non-hydrogen) atoms. The van der Waals surface area contributed by atoms with Gasteiger partial charge in [0, 0.05) is 6.07 Å². The summed E-state index contributed by atoms with van der Waals surface area (Å²) in [6.07, 6.45) is -6.02. The zero-order valence-electron chi connectivity index (χ0n) is 19.9. The molecule has 3 rings (SSSR count).